The molecule has 134 valence electrons. The van der Waals surface area contributed by atoms with E-state index in [0.717, 1.165) is 27.7 Å². The number of aryl methyl sites for hydroxylation is 1. The highest BCUT2D eigenvalue weighted by molar-refractivity contribution is 7.14. The normalized spacial score (nSPS) is 10.7. The van der Waals surface area contributed by atoms with E-state index in [9.17, 15) is 4.79 Å². The molecule has 0 aliphatic rings. The lowest BCUT2D eigenvalue weighted by atomic mass is 10.1. The molecule has 0 aliphatic carbocycles. The number of nitrogens with zero attached hydrogens (tertiary/aromatic N) is 3. The van der Waals surface area contributed by atoms with Gasteiger partial charge in [0, 0.05) is 22.5 Å². The van der Waals surface area contributed by atoms with E-state index in [4.69, 9.17) is 0 Å². The van der Waals surface area contributed by atoms with Crippen LogP contribution in [0.2, 0.25) is 0 Å². The molecule has 5 nitrogen and oxygen atoms in total. The Morgan fingerprint density at radius 2 is 1.96 bits per heavy atom. The maximum atomic E-state index is 12.3. The first-order chi connectivity index (χ1) is 13.2. The Labute approximate surface area is 164 Å². The zero-order chi connectivity index (χ0) is 18.6. The minimum Gasteiger partial charge on any atom is -0.302 e. The van der Waals surface area contributed by atoms with Crippen LogP contribution in [0, 0.1) is 6.92 Å². The van der Waals surface area contributed by atoms with E-state index in [1.165, 1.54) is 16.9 Å². The Bertz CT molecular complexity index is 1070. The third-order valence-corrected chi connectivity index (χ3v) is 5.53. The van der Waals surface area contributed by atoms with E-state index in [2.05, 4.69) is 39.3 Å². The van der Waals surface area contributed by atoms with Gasteiger partial charge in [0.15, 0.2) is 5.13 Å². The number of thiazole rings is 2. The van der Waals surface area contributed by atoms with E-state index in [1.54, 1.807) is 17.5 Å². The van der Waals surface area contributed by atoms with Gasteiger partial charge >= 0.3 is 0 Å². The number of benzene rings is 1. The molecule has 0 unspecified atom stereocenters. The zero-order valence-electron chi connectivity index (χ0n) is 14.5. The molecule has 0 aliphatic heterocycles. The minimum absolute atomic E-state index is 0.127. The van der Waals surface area contributed by atoms with Crippen molar-refractivity contribution in [3.05, 3.63) is 70.7 Å². The summed E-state index contributed by atoms with van der Waals surface area (Å²) in [4.78, 5) is 25.6. The van der Waals surface area contributed by atoms with Crippen molar-refractivity contribution in [3.63, 3.8) is 0 Å². The van der Waals surface area contributed by atoms with Gasteiger partial charge in [0.05, 0.1) is 17.8 Å². The molecule has 0 radical (unpaired) electrons. The molecule has 0 saturated heterocycles. The maximum Gasteiger partial charge on any atom is 0.232 e. The van der Waals surface area contributed by atoms with Crippen molar-refractivity contribution in [2.75, 3.05) is 5.32 Å². The number of rotatable bonds is 5. The lowest BCUT2D eigenvalue weighted by Gasteiger charge is -2.00. The van der Waals surface area contributed by atoms with Gasteiger partial charge in [-0.25, -0.2) is 9.97 Å². The molecule has 1 aromatic carbocycles. The molecule has 3 heterocycles. The number of nitrogens with one attached hydrogen (secondary N) is 1. The third-order valence-electron chi connectivity index (χ3n) is 3.84. The summed E-state index contributed by atoms with van der Waals surface area (Å²) in [5, 5.41) is 8.15. The molecular weight excluding hydrogens is 376 g/mol. The highest BCUT2D eigenvalue weighted by Crippen LogP contribution is 2.26. The summed E-state index contributed by atoms with van der Waals surface area (Å²) in [5.41, 5.74) is 4.57. The van der Waals surface area contributed by atoms with E-state index < -0.39 is 0 Å². The smallest absolute Gasteiger partial charge is 0.232 e. The van der Waals surface area contributed by atoms with Crippen molar-refractivity contribution in [2.24, 2.45) is 0 Å². The lowest BCUT2D eigenvalue weighted by Crippen LogP contribution is -2.14. The van der Waals surface area contributed by atoms with Gasteiger partial charge in [0.1, 0.15) is 10.7 Å². The Balaban J connectivity index is 1.41. The molecule has 0 fully saturated rings. The van der Waals surface area contributed by atoms with Crippen LogP contribution in [-0.2, 0) is 11.2 Å². The first-order valence-electron chi connectivity index (χ1n) is 8.35. The summed E-state index contributed by atoms with van der Waals surface area (Å²) in [6.45, 7) is 2.05. The molecule has 1 N–H and O–H groups in total. The predicted octanol–water partition coefficient (Wildman–Crippen LogP) is 4.82. The van der Waals surface area contributed by atoms with Gasteiger partial charge in [0.2, 0.25) is 5.91 Å². The van der Waals surface area contributed by atoms with Crippen LogP contribution in [0.5, 0.6) is 0 Å². The topological polar surface area (TPSA) is 67.8 Å². The van der Waals surface area contributed by atoms with Gasteiger partial charge < -0.3 is 5.32 Å². The third kappa shape index (κ3) is 4.27. The Morgan fingerprint density at radius 1 is 1.04 bits per heavy atom. The fraction of sp³-hybridized carbons (Fsp3) is 0.100. The molecule has 0 bridgehead atoms. The summed E-state index contributed by atoms with van der Waals surface area (Å²) in [6.07, 6.45) is 1.95. The van der Waals surface area contributed by atoms with Crippen LogP contribution in [0.1, 0.15) is 11.3 Å². The van der Waals surface area contributed by atoms with Crippen LogP contribution >= 0.6 is 22.7 Å². The Kier molecular flexibility index (Phi) is 5.04. The molecule has 3 aromatic heterocycles. The zero-order valence-corrected chi connectivity index (χ0v) is 16.2. The number of carbonyl (C=O) groups is 1. The van der Waals surface area contributed by atoms with Crippen molar-refractivity contribution in [2.45, 2.75) is 13.3 Å². The number of pyridine rings is 1. The average Bonchev–Trinajstić information content (AvgIpc) is 3.32. The number of amides is 1. The van der Waals surface area contributed by atoms with Gasteiger partial charge in [0.25, 0.3) is 0 Å². The molecule has 27 heavy (non-hydrogen) atoms. The summed E-state index contributed by atoms with van der Waals surface area (Å²) >= 11 is 2.93. The summed E-state index contributed by atoms with van der Waals surface area (Å²) in [7, 11) is 0. The minimum atomic E-state index is -0.127. The standard InChI is InChI=1S/C20H16N4OS2/c1-13-5-4-6-14(9-13)19-22-15(11-26-19)10-18(25)24-20-23-17(12-27-20)16-7-2-3-8-21-16/h2-9,11-12H,10H2,1H3,(H,23,24,25). The largest absolute Gasteiger partial charge is 0.302 e. The molecule has 0 saturated carbocycles. The van der Waals surface area contributed by atoms with Crippen molar-refractivity contribution >= 4 is 33.7 Å². The first kappa shape index (κ1) is 17.5. The number of carbonyl (C=O) groups excluding carboxylic acids is 1. The van der Waals surface area contributed by atoms with E-state index in [1.807, 2.05) is 41.1 Å². The first-order valence-corrected chi connectivity index (χ1v) is 10.1. The van der Waals surface area contributed by atoms with Crippen LogP contribution in [0.15, 0.2) is 59.4 Å². The second-order valence-corrected chi connectivity index (χ2v) is 7.71. The molecule has 0 spiro atoms. The number of aromatic nitrogens is 3. The van der Waals surface area contributed by atoms with Crippen LogP contribution < -0.4 is 5.32 Å². The Morgan fingerprint density at radius 3 is 2.78 bits per heavy atom. The molecule has 4 rings (SSSR count). The number of hydrogen-bond acceptors (Lipinski definition) is 6. The van der Waals surface area contributed by atoms with Crippen LogP contribution in [0.3, 0.4) is 0 Å². The van der Waals surface area contributed by atoms with Crippen molar-refractivity contribution in [3.8, 4) is 22.0 Å². The molecular formula is C20H16N4OS2. The average molecular weight is 393 g/mol. The number of anilines is 1. The second kappa shape index (κ2) is 7.77. The maximum absolute atomic E-state index is 12.3. The summed E-state index contributed by atoms with van der Waals surface area (Å²) in [6, 6.07) is 13.9. The highest BCUT2D eigenvalue weighted by atomic mass is 32.1. The second-order valence-electron chi connectivity index (χ2n) is 5.99. The lowest BCUT2D eigenvalue weighted by molar-refractivity contribution is -0.115. The molecule has 0 atom stereocenters. The quantitative estimate of drug-likeness (QED) is 0.529. The van der Waals surface area contributed by atoms with Crippen molar-refractivity contribution in [1.82, 2.24) is 15.0 Å². The van der Waals surface area contributed by atoms with Gasteiger partial charge in [-0.2, -0.15) is 0 Å². The molecule has 4 aromatic rings. The highest BCUT2D eigenvalue weighted by Gasteiger charge is 2.12. The number of hydrogen-bond donors (Lipinski definition) is 1. The van der Waals surface area contributed by atoms with Crippen molar-refractivity contribution < 1.29 is 4.79 Å². The predicted molar refractivity (Wildman–Crippen MR) is 110 cm³/mol. The van der Waals surface area contributed by atoms with Gasteiger partial charge in [-0.1, -0.05) is 29.8 Å². The van der Waals surface area contributed by atoms with Crippen LogP contribution in [0.25, 0.3) is 22.0 Å². The van der Waals surface area contributed by atoms with Crippen LogP contribution in [0.4, 0.5) is 5.13 Å². The SMILES string of the molecule is Cc1cccc(-c2nc(CC(=O)Nc3nc(-c4ccccn4)cs3)cs2)c1. The summed E-state index contributed by atoms with van der Waals surface area (Å²) < 4.78 is 0. The van der Waals surface area contributed by atoms with E-state index >= 15 is 0 Å². The fourth-order valence-electron chi connectivity index (χ4n) is 2.59. The fourth-order valence-corrected chi connectivity index (χ4v) is 4.13. The van der Waals surface area contributed by atoms with Crippen molar-refractivity contribution in [1.29, 1.82) is 0 Å². The van der Waals surface area contributed by atoms with E-state index in [0.29, 0.717) is 5.13 Å². The Hall–Kier alpha value is -2.90. The molecule has 7 heteroatoms. The summed E-state index contributed by atoms with van der Waals surface area (Å²) in [5.74, 6) is -0.127. The van der Waals surface area contributed by atoms with Gasteiger partial charge in [-0.3, -0.25) is 9.78 Å². The van der Waals surface area contributed by atoms with E-state index in [-0.39, 0.29) is 12.3 Å². The van der Waals surface area contributed by atoms with Gasteiger partial charge in [-0.15, -0.1) is 22.7 Å². The van der Waals surface area contributed by atoms with Gasteiger partial charge in [-0.05, 0) is 25.1 Å². The molecule has 1 amide bonds. The monoisotopic (exact) mass is 392 g/mol. The van der Waals surface area contributed by atoms with Crippen LogP contribution in [-0.4, -0.2) is 20.9 Å².